The summed E-state index contributed by atoms with van der Waals surface area (Å²) >= 11 is 0. The summed E-state index contributed by atoms with van der Waals surface area (Å²) < 4.78 is 13.2. The third-order valence-corrected chi connectivity index (χ3v) is 5.62. The summed E-state index contributed by atoms with van der Waals surface area (Å²) in [4.78, 5) is 44.4. The standard InChI is InChI=1S/C23H21N5O5/c29-21(12-27-22(30)19-3-1-2-4-20(19)23(27)31)26-9-10-32-18(11-26)13-33-17-7-5-16(6-8-17)28-15-24-14-25-28/h1-8,14-15,18H,9-13H2. The number of nitrogens with zero attached hydrogens (tertiary/aromatic N) is 5. The lowest BCUT2D eigenvalue weighted by molar-refractivity contribution is -0.140. The monoisotopic (exact) mass is 447 g/mol. The predicted octanol–water partition coefficient (Wildman–Crippen LogP) is 1.17. The number of ether oxygens (including phenoxy) is 2. The summed E-state index contributed by atoms with van der Waals surface area (Å²) in [7, 11) is 0. The summed E-state index contributed by atoms with van der Waals surface area (Å²) in [6.45, 7) is 1.04. The van der Waals surface area contributed by atoms with Crippen molar-refractivity contribution in [1.82, 2.24) is 24.6 Å². The van der Waals surface area contributed by atoms with Gasteiger partial charge in [0.1, 0.15) is 37.7 Å². The van der Waals surface area contributed by atoms with Crippen molar-refractivity contribution < 1.29 is 23.9 Å². The van der Waals surface area contributed by atoms with Gasteiger partial charge in [-0.3, -0.25) is 19.3 Å². The Morgan fingerprint density at radius 1 is 1.06 bits per heavy atom. The number of rotatable bonds is 6. The average Bonchev–Trinajstić information content (AvgIpc) is 3.47. The number of fused-ring (bicyclic) bond motifs is 1. The second kappa shape index (κ2) is 8.83. The van der Waals surface area contributed by atoms with Crippen molar-refractivity contribution in [3.63, 3.8) is 0 Å². The second-order valence-corrected chi connectivity index (χ2v) is 7.72. The zero-order valence-electron chi connectivity index (χ0n) is 17.7. The van der Waals surface area contributed by atoms with Gasteiger partial charge < -0.3 is 14.4 Å². The van der Waals surface area contributed by atoms with Crippen molar-refractivity contribution in [2.75, 3.05) is 32.8 Å². The zero-order chi connectivity index (χ0) is 22.8. The zero-order valence-corrected chi connectivity index (χ0v) is 17.7. The number of hydrogen-bond acceptors (Lipinski definition) is 7. The first-order valence-electron chi connectivity index (χ1n) is 10.5. The molecule has 0 radical (unpaired) electrons. The molecule has 10 nitrogen and oxygen atoms in total. The minimum absolute atomic E-state index is 0.263. The molecule has 10 heteroatoms. The predicted molar refractivity (Wildman–Crippen MR) is 115 cm³/mol. The highest BCUT2D eigenvalue weighted by Gasteiger charge is 2.37. The number of benzene rings is 2. The second-order valence-electron chi connectivity index (χ2n) is 7.72. The lowest BCUT2D eigenvalue weighted by Crippen LogP contribution is -2.51. The molecule has 0 spiro atoms. The number of aromatic nitrogens is 3. The number of carbonyl (C=O) groups excluding carboxylic acids is 3. The summed E-state index contributed by atoms with van der Waals surface area (Å²) in [6, 6.07) is 14.0. The summed E-state index contributed by atoms with van der Waals surface area (Å²) in [5, 5.41) is 4.08. The van der Waals surface area contributed by atoms with Crippen LogP contribution in [0.25, 0.3) is 5.69 Å². The highest BCUT2D eigenvalue weighted by atomic mass is 16.5. The van der Waals surface area contributed by atoms with Gasteiger partial charge in [-0.25, -0.2) is 9.67 Å². The highest BCUT2D eigenvalue weighted by Crippen LogP contribution is 2.22. The Kier molecular flexibility index (Phi) is 5.57. The minimum atomic E-state index is -0.438. The topological polar surface area (TPSA) is 107 Å². The van der Waals surface area contributed by atoms with Crippen LogP contribution in [0.3, 0.4) is 0 Å². The molecule has 1 atom stereocenters. The van der Waals surface area contributed by atoms with Crippen molar-refractivity contribution in [3.8, 4) is 11.4 Å². The number of carbonyl (C=O) groups is 3. The Balaban J connectivity index is 1.15. The van der Waals surface area contributed by atoms with Crippen molar-refractivity contribution >= 4 is 17.7 Å². The SMILES string of the molecule is O=C(CN1C(=O)c2ccccc2C1=O)N1CCOC(COc2ccc(-n3cncn3)cc2)C1. The molecule has 5 rings (SSSR count). The molecular formula is C23H21N5O5. The molecule has 0 bridgehead atoms. The molecule has 2 aliphatic rings. The third kappa shape index (κ3) is 4.20. The Labute approximate surface area is 189 Å². The number of morpholine rings is 1. The molecule has 2 aliphatic heterocycles. The Morgan fingerprint density at radius 3 is 2.45 bits per heavy atom. The van der Waals surface area contributed by atoms with Crippen LogP contribution in [0.2, 0.25) is 0 Å². The smallest absolute Gasteiger partial charge is 0.262 e. The molecule has 168 valence electrons. The Hall–Kier alpha value is -4.05. The highest BCUT2D eigenvalue weighted by molar-refractivity contribution is 6.22. The Morgan fingerprint density at radius 2 is 1.79 bits per heavy atom. The number of amides is 3. The van der Waals surface area contributed by atoms with Crippen LogP contribution in [0, 0.1) is 0 Å². The fourth-order valence-corrected chi connectivity index (χ4v) is 3.89. The molecule has 0 saturated carbocycles. The molecular weight excluding hydrogens is 426 g/mol. The van der Waals surface area contributed by atoms with Crippen LogP contribution in [0.1, 0.15) is 20.7 Å². The van der Waals surface area contributed by atoms with Crippen molar-refractivity contribution in [2.24, 2.45) is 0 Å². The van der Waals surface area contributed by atoms with E-state index >= 15 is 0 Å². The van der Waals surface area contributed by atoms with Crippen LogP contribution < -0.4 is 4.74 Å². The van der Waals surface area contributed by atoms with Gasteiger partial charge in [0.15, 0.2) is 0 Å². The van der Waals surface area contributed by atoms with Gasteiger partial charge in [0.05, 0.1) is 30.0 Å². The van der Waals surface area contributed by atoms with Crippen LogP contribution in [0.4, 0.5) is 0 Å². The lowest BCUT2D eigenvalue weighted by atomic mass is 10.1. The van der Waals surface area contributed by atoms with E-state index < -0.39 is 11.8 Å². The molecule has 3 aromatic rings. The molecule has 0 N–H and O–H groups in total. The van der Waals surface area contributed by atoms with Gasteiger partial charge in [0.25, 0.3) is 11.8 Å². The van der Waals surface area contributed by atoms with E-state index in [0.29, 0.717) is 36.6 Å². The quantitative estimate of drug-likeness (QED) is 0.522. The molecule has 3 heterocycles. The maximum atomic E-state index is 12.8. The van der Waals surface area contributed by atoms with E-state index in [2.05, 4.69) is 10.1 Å². The molecule has 2 aromatic carbocycles. The average molecular weight is 447 g/mol. The van der Waals surface area contributed by atoms with Crippen LogP contribution in [0.5, 0.6) is 5.75 Å². The summed E-state index contributed by atoms with van der Waals surface area (Å²) in [6.07, 6.45) is 2.76. The lowest BCUT2D eigenvalue weighted by Gasteiger charge is -2.33. The normalized spacial score (nSPS) is 17.9. The maximum Gasteiger partial charge on any atom is 0.262 e. The van der Waals surface area contributed by atoms with E-state index in [1.165, 1.54) is 6.33 Å². The maximum absolute atomic E-state index is 12.8. The summed E-state index contributed by atoms with van der Waals surface area (Å²) in [5.41, 5.74) is 1.52. The van der Waals surface area contributed by atoms with Gasteiger partial charge in [-0.1, -0.05) is 12.1 Å². The molecule has 1 fully saturated rings. The third-order valence-electron chi connectivity index (χ3n) is 5.62. The molecule has 33 heavy (non-hydrogen) atoms. The van der Waals surface area contributed by atoms with Gasteiger partial charge in [-0.2, -0.15) is 5.10 Å². The van der Waals surface area contributed by atoms with Gasteiger partial charge >= 0.3 is 0 Å². The van der Waals surface area contributed by atoms with Crippen LogP contribution in [-0.4, -0.2) is 81.2 Å². The van der Waals surface area contributed by atoms with Gasteiger partial charge in [0.2, 0.25) is 5.91 Å². The molecule has 1 unspecified atom stereocenters. The van der Waals surface area contributed by atoms with Gasteiger partial charge in [-0.05, 0) is 36.4 Å². The Bertz CT molecular complexity index is 1140. The minimum Gasteiger partial charge on any atom is -0.491 e. The summed E-state index contributed by atoms with van der Waals surface area (Å²) in [5.74, 6) is -0.509. The number of imide groups is 1. The fraction of sp³-hybridized carbons (Fsp3) is 0.261. The van der Waals surface area contributed by atoms with E-state index in [1.54, 1.807) is 40.2 Å². The van der Waals surface area contributed by atoms with E-state index in [0.717, 1.165) is 10.6 Å². The van der Waals surface area contributed by atoms with Crippen LogP contribution >= 0.6 is 0 Å². The molecule has 0 aliphatic carbocycles. The molecule has 3 amide bonds. The first-order chi connectivity index (χ1) is 16.1. The van der Waals surface area contributed by atoms with Crippen molar-refractivity contribution in [2.45, 2.75) is 6.10 Å². The fourth-order valence-electron chi connectivity index (χ4n) is 3.89. The molecule has 1 saturated heterocycles. The number of hydrogen-bond donors (Lipinski definition) is 0. The van der Waals surface area contributed by atoms with E-state index in [1.807, 2.05) is 24.3 Å². The van der Waals surface area contributed by atoms with E-state index in [-0.39, 0.29) is 25.2 Å². The first-order valence-corrected chi connectivity index (χ1v) is 10.5. The van der Waals surface area contributed by atoms with Crippen molar-refractivity contribution in [1.29, 1.82) is 0 Å². The molecule has 1 aromatic heterocycles. The first kappa shape index (κ1) is 20.8. The van der Waals surface area contributed by atoms with Crippen LogP contribution in [0.15, 0.2) is 61.2 Å². The van der Waals surface area contributed by atoms with Crippen LogP contribution in [-0.2, 0) is 9.53 Å². The largest absolute Gasteiger partial charge is 0.491 e. The van der Waals surface area contributed by atoms with E-state index in [9.17, 15) is 14.4 Å². The van der Waals surface area contributed by atoms with Gasteiger partial charge in [0, 0.05) is 6.54 Å². The van der Waals surface area contributed by atoms with E-state index in [4.69, 9.17) is 9.47 Å². The van der Waals surface area contributed by atoms with Crippen molar-refractivity contribution in [3.05, 3.63) is 72.3 Å². The van der Waals surface area contributed by atoms with Gasteiger partial charge in [-0.15, -0.1) is 0 Å².